The molecule has 0 radical (unpaired) electrons. The summed E-state index contributed by atoms with van der Waals surface area (Å²) in [5, 5.41) is 3.46. The first-order valence-electron chi connectivity index (χ1n) is 10.2. The van der Waals surface area contributed by atoms with E-state index in [0.717, 1.165) is 35.3 Å². The van der Waals surface area contributed by atoms with E-state index in [4.69, 9.17) is 0 Å². The number of H-pyrrole nitrogens is 1. The Bertz CT molecular complexity index is 1140. The molecule has 2 N–H and O–H groups in total. The third kappa shape index (κ3) is 4.62. The molecule has 0 saturated carbocycles. The van der Waals surface area contributed by atoms with Crippen LogP contribution in [-0.4, -0.2) is 57.5 Å². The molecule has 9 heteroatoms. The zero-order chi connectivity index (χ0) is 21.4. The van der Waals surface area contributed by atoms with Crippen molar-refractivity contribution in [1.82, 2.24) is 24.2 Å². The van der Waals surface area contributed by atoms with E-state index >= 15 is 0 Å². The summed E-state index contributed by atoms with van der Waals surface area (Å²) in [5.74, 6) is 0.843. The van der Waals surface area contributed by atoms with Gasteiger partial charge < -0.3 is 10.3 Å². The molecule has 0 aromatic carbocycles. The van der Waals surface area contributed by atoms with Gasteiger partial charge in [-0.1, -0.05) is 20.8 Å². The second-order valence-electron chi connectivity index (χ2n) is 9.02. The number of nitrogens with zero attached hydrogens (tertiary/aromatic N) is 4. The van der Waals surface area contributed by atoms with Gasteiger partial charge in [0.25, 0.3) is 0 Å². The number of anilines is 1. The van der Waals surface area contributed by atoms with Crippen molar-refractivity contribution in [3.8, 4) is 11.3 Å². The van der Waals surface area contributed by atoms with Crippen LogP contribution in [0.2, 0.25) is 0 Å². The number of hydrogen-bond acceptors (Lipinski definition) is 6. The lowest BCUT2D eigenvalue weighted by molar-refractivity contribution is 0.319. The molecule has 1 fully saturated rings. The Balaban J connectivity index is 1.55. The summed E-state index contributed by atoms with van der Waals surface area (Å²) in [6.45, 7) is 6.87. The highest BCUT2D eigenvalue weighted by Crippen LogP contribution is 2.28. The fraction of sp³-hybridized carbons (Fsp3) is 0.476. The molecular formula is C21H28N6O2S. The van der Waals surface area contributed by atoms with E-state index in [1.165, 1.54) is 0 Å². The molecule has 30 heavy (non-hydrogen) atoms. The lowest BCUT2D eigenvalue weighted by Crippen LogP contribution is -2.47. The van der Waals surface area contributed by atoms with Crippen molar-refractivity contribution in [3.05, 3.63) is 36.8 Å². The number of aromatic amines is 1. The van der Waals surface area contributed by atoms with Crippen LogP contribution >= 0.6 is 0 Å². The van der Waals surface area contributed by atoms with Crippen molar-refractivity contribution in [2.24, 2.45) is 5.41 Å². The topological polar surface area (TPSA) is 104 Å². The minimum absolute atomic E-state index is 0.00825. The average molecular weight is 429 g/mol. The number of fused-ring (bicyclic) bond motifs is 1. The van der Waals surface area contributed by atoms with Gasteiger partial charge in [0.15, 0.2) is 5.65 Å². The largest absolute Gasteiger partial charge is 0.365 e. The summed E-state index contributed by atoms with van der Waals surface area (Å²) in [4.78, 5) is 16.7. The zero-order valence-electron chi connectivity index (χ0n) is 17.6. The van der Waals surface area contributed by atoms with Crippen LogP contribution in [0.15, 0.2) is 36.8 Å². The highest BCUT2D eigenvalue weighted by atomic mass is 32.2. The fourth-order valence-electron chi connectivity index (χ4n) is 3.83. The molecule has 160 valence electrons. The number of pyridine rings is 1. The van der Waals surface area contributed by atoms with Crippen LogP contribution in [0, 0.1) is 5.41 Å². The third-order valence-corrected chi connectivity index (χ3v) is 7.43. The van der Waals surface area contributed by atoms with E-state index < -0.39 is 10.0 Å². The smallest absolute Gasteiger partial charge is 0.214 e. The number of piperidine rings is 1. The number of sulfonamides is 1. The van der Waals surface area contributed by atoms with Crippen LogP contribution in [0.25, 0.3) is 22.4 Å². The molecule has 0 amide bonds. The molecule has 1 aliphatic heterocycles. The maximum atomic E-state index is 12.8. The Morgan fingerprint density at radius 2 is 2.10 bits per heavy atom. The molecule has 1 unspecified atom stereocenters. The van der Waals surface area contributed by atoms with Gasteiger partial charge in [-0.15, -0.1) is 0 Å². The van der Waals surface area contributed by atoms with Crippen LogP contribution in [0.4, 0.5) is 5.82 Å². The highest BCUT2D eigenvalue weighted by Gasteiger charge is 2.32. The van der Waals surface area contributed by atoms with Crippen molar-refractivity contribution < 1.29 is 8.42 Å². The summed E-state index contributed by atoms with van der Waals surface area (Å²) in [7, 11) is -3.30. The zero-order valence-corrected chi connectivity index (χ0v) is 18.4. The van der Waals surface area contributed by atoms with Crippen LogP contribution in [-0.2, 0) is 10.0 Å². The highest BCUT2D eigenvalue weighted by molar-refractivity contribution is 7.89. The van der Waals surface area contributed by atoms with E-state index in [1.54, 1.807) is 16.7 Å². The number of nitrogens with one attached hydrogen (secondary N) is 2. The standard InChI is InChI=1S/C21H28N6O2S/c1-21(2,3)14-30(28,29)27-11-5-6-15(13-27)25-19-16(7-4-9-22-19)18-12-24-20-17(26-18)8-10-23-20/h4,7-10,12,15H,5-6,11,13-14H2,1-3H3,(H,22,25)(H,23,24). The molecule has 4 rings (SSSR count). The average Bonchev–Trinajstić information content (AvgIpc) is 3.15. The summed E-state index contributed by atoms with van der Waals surface area (Å²) >= 11 is 0. The van der Waals surface area contributed by atoms with Crippen molar-refractivity contribution in [3.63, 3.8) is 0 Å². The van der Waals surface area contributed by atoms with Gasteiger partial charge in [-0.3, -0.25) is 0 Å². The van der Waals surface area contributed by atoms with E-state index in [0.29, 0.717) is 18.9 Å². The monoisotopic (exact) mass is 428 g/mol. The number of aromatic nitrogens is 4. The molecule has 0 bridgehead atoms. The van der Waals surface area contributed by atoms with Gasteiger partial charge >= 0.3 is 0 Å². The first-order chi connectivity index (χ1) is 14.2. The summed E-state index contributed by atoms with van der Waals surface area (Å²) in [6.07, 6.45) is 6.97. The molecule has 0 spiro atoms. The summed E-state index contributed by atoms with van der Waals surface area (Å²) in [6, 6.07) is 5.69. The molecule has 3 aromatic rings. The van der Waals surface area contributed by atoms with E-state index in [2.05, 4.69) is 25.3 Å². The van der Waals surface area contributed by atoms with Crippen LogP contribution < -0.4 is 5.32 Å². The number of rotatable bonds is 5. The summed E-state index contributed by atoms with van der Waals surface area (Å²) in [5.41, 5.74) is 2.83. The van der Waals surface area contributed by atoms with Gasteiger partial charge in [-0.05, 0) is 36.5 Å². The van der Waals surface area contributed by atoms with Crippen LogP contribution in [0.1, 0.15) is 33.6 Å². The van der Waals surface area contributed by atoms with Crippen LogP contribution in [0.5, 0.6) is 0 Å². The molecule has 4 heterocycles. The Kier molecular flexibility index (Phi) is 5.50. The van der Waals surface area contributed by atoms with Crippen LogP contribution in [0.3, 0.4) is 0 Å². The molecule has 0 aliphatic carbocycles. The molecule has 1 saturated heterocycles. The van der Waals surface area contributed by atoms with E-state index in [1.807, 2.05) is 45.2 Å². The minimum atomic E-state index is -3.30. The predicted molar refractivity (Wildman–Crippen MR) is 119 cm³/mol. The Labute approximate surface area is 177 Å². The van der Waals surface area contributed by atoms with Crippen molar-refractivity contribution in [1.29, 1.82) is 0 Å². The molecular weight excluding hydrogens is 400 g/mol. The SMILES string of the molecule is CC(C)(C)CS(=O)(=O)N1CCCC(Nc2ncccc2-c2cnc3[nH]ccc3n2)C1. The van der Waals surface area contributed by atoms with Gasteiger partial charge in [-0.25, -0.2) is 23.4 Å². The first-order valence-corrected chi connectivity index (χ1v) is 11.8. The van der Waals surface area contributed by atoms with Crippen molar-refractivity contribution in [2.75, 3.05) is 24.2 Å². The molecule has 1 atom stereocenters. The van der Waals surface area contributed by atoms with E-state index in [-0.39, 0.29) is 17.2 Å². The van der Waals surface area contributed by atoms with Crippen molar-refractivity contribution >= 4 is 27.0 Å². The van der Waals surface area contributed by atoms with Gasteiger partial charge in [0.2, 0.25) is 10.0 Å². The molecule has 8 nitrogen and oxygen atoms in total. The number of hydrogen-bond donors (Lipinski definition) is 2. The normalized spacial score (nSPS) is 18.6. The Hall–Kier alpha value is -2.52. The Morgan fingerprint density at radius 1 is 1.27 bits per heavy atom. The van der Waals surface area contributed by atoms with Gasteiger partial charge in [-0.2, -0.15) is 4.31 Å². The van der Waals surface area contributed by atoms with Crippen molar-refractivity contribution in [2.45, 2.75) is 39.7 Å². The van der Waals surface area contributed by atoms with Gasteiger partial charge in [0, 0.05) is 37.1 Å². The third-order valence-electron chi connectivity index (χ3n) is 5.08. The first kappa shape index (κ1) is 20.7. The lowest BCUT2D eigenvalue weighted by Gasteiger charge is -2.34. The van der Waals surface area contributed by atoms with Gasteiger partial charge in [0.1, 0.15) is 11.3 Å². The maximum absolute atomic E-state index is 12.8. The second kappa shape index (κ2) is 7.96. The summed E-state index contributed by atoms with van der Waals surface area (Å²) < 4.78 is 27.3. The molecule has 1 aliphatic rings. The van der Waals surface area contributed by atoms with Gasteiger partial charge in [0.05, 0.1) is 17.6 Å². The lowest BCUT2D eigenvalue weighted by atomic mass is 10.0. The minimum Gasteiger partial charge on any atom is -0.365 e. The Morgan fingerprint density at radius 3 is 2.90 bits per heavy atom. The maximum Gasteiger partial charge on any atom is 0.214 e. The molecule has 3 aromatic heterocycles. The second-order valence-corrected chi connectivity index (χ2v) is 11.0. The fourth-order valence-corrected chi connectivity index (χ4v) is 5.92. The quantitative estimate of drug-likeness (QED) is 0.646. The van der Waals surface area contributed by atoms with E-state index in [9.17, 15) is 8.42 Å². The predicted octanol–water partition coefficient (Wildman–Crippen LogP) is 3.27.